The van der Waals surface area contributed by atoms with Gasteiger partial charge in [-0.25, -0.2) is 0 Å². The minimum Gasteiger partial charge on any atom is -0.496 e. The average Bonchev–Trinajstić information content (AvgIpc) is 2.65. The standard InChI is InChI=1S/C15H19ClN2O2/c1-10-14(16)12(18(3)17-10)9-15(2,19)11-7-5-6-8-13(11)20-4/h5-8,19H,9H2,1-4H3. The monoisotopic (exact) mass is 294 g/mol. The Morgan fingerprint density at radius 1 is 1.40 bits per heavy atom. The predicted molar refractivity (Wildman–Crippen MR) is 79.2 cm³/mol. The van der Waals surface area contributed by atoms with E-state index in [0.717, 1.165) is 17.0 Å². The number of halogens is 1. The predicted octanol–water partition coefficient (Wildman–Crippen LogP) is 2.84. The van der Waals surface area contributed by atoms with Gasteiger partial charge in [0.25, 0.3) is 0 Å². The maximum Gasteiger partial charge on any atom is 0.124 e. The van der Waals surface area contributed by atoms with Gasteiger partial charge in [0.2, 0.25) is 0 Å². The molecule has 2 rings (SSSR count). The van der Waals surface area contributed by atoms with Crippen molar-refractivity contribution in [1.29, 1.82) is 0 Å². The van der Waals surface area contributed by atoms with Crippen molar-refractivity contribution >= 4 is 11.6 Å². The first kappa shape index (κ1) is 14.9. The van der Waals surface area contributed by atoms with Gasteiger partial charge in [-0.3, -0.25) is 4.68 Å². The van der Waals surface area contributed by atoms with Crippen molar-refractivity contribution < 1.29 is 9.84 Å². The first-order valence-corrected chi connectivity index (χ1v) is 6.78. The van der Waals surface area contributed by atoms with E-state index in [4.69, 9.17) is 16.3 Å². The van der Waals surface area contributed by atoms with Crippen LogP contribution in [0.5, 0.6) is 5.75 Å². The van der Waals surface area contributed by atoms with Gasteiger partial charge in [0.05, 0.1) is 29.1 Å². The summed E-state index contributed by atoms with van der Waals surface area (Å²) in [6.07, 6.45) is 0.365. The largest absolute Gasteiger partial charge is 0.496 e. The molecule has 0 aliphatic heterocycles. The van der Waals surface area contributed by atoms with E-state index in [9.17, 15) is 5.11 Å². The van der Waals surface area contributed by atoms with Crippen LogP contribution in [0.4, 0.5) is 0 Å². The molecule has 108 valence electrons. The molecule has 0 saturated carbocycles. The number of benzene rings is 1. The zero-order chi connectivity index (χ0) is 14.9. The van der Waals surface area contributed by atoms with Gasteiger partial charge in [-0.15, -0.1) is 0 Å². The molecule has 4 nitrogen and oxygen atoms in total. The summed E-state index contributed by atoms with van der Waals surface area (Å²) in [5, 5.41) is 15.7. The molecule has 20 heavy (non-hydrogen) atoms. The molecule has 1 unspecified atom stereocenters. The Balaban J connectivity index is 2.40. The molecule has 0 radical (unpaired) electrons. The molecule has 1 N–H and O–H groups in total. The van der Waals surface area contributed by atoms with Crippen molar-refractivity contribution in [3.05, 3.63) is 46.2 Å². The van der Waals surface area contributed by atoms with Crippen LogP contribution >= 0.6 is 11.6 Å². The minimum absolute atomic E-state index is 0.365. The number of ether oxygens (including phenoxy) is 1. The lowest BCUT2D eigenvalue weighted by Gasteiger charge is -2.26. The molecule has 0 bridgehead atoms. The number of rotatable bonds is 4. The number of methoxy groups -OCH3 is 1. The fraction of sp³-hybridized carbons (Fsp3) is 0.400. The Labute approximate surface area is 123 Å². The lowest BCUT2D eigenvalue weighted by molar-refractivity contribution is 0.0530. The maximum atomic E-state index is 10.8. The molecule has 0 fully saturated rings. The van der Waals surface area contributed by atoms with Crippen LogP contribution in [0.1, 0.15) is 23.9 Å². The Bertz CT molecular complexity index is 620. The molecule has 1 atom stereocenters. The Morgan fingerprint density at radius 3 is 2.60 bits per heavy atom. The second kappa shape index (κ2) is 5.46. The Kier molecular flexibility index (Phi) is 4.06. The summed E-state index contributed by atoms with van der Waals surface area (Å²) in [4.78, 5) is 0. The van der Waals surface area contributed by atoms with Gasteiger partial charge in [-0.2, -0.15) is 5.10 Å². The SMILES string of the molecule is COc1ccccc1C(C)(O)Cc1c(Cl)c(C)nn1C. The van der Waals surface area contributed by atoms with Gasteiger partial charge in [0.15, 0.2) is 0 Å². The van der Waals surface area contributed by atoms with Crippen LogP contribution in [0.3, 0.4) is 0 Å². The van der Waals surface area contributed by atoms with Gasteiger partial charge >= 0.3 is 0 Å². The van der Waals surface area contributed by atoms with E-state index in [-0.39, 0.29) is 0 Å². The molecule has 1 heterocycles. The van der Waals surface area contributed by atoms with E-state index >= 15 is 0 Å². The van der Waals surface area contributed by atoms with E-state index in [2.05, 4.69) is 5.10 Å². The lowest BCUT2D eigenvalue weighted by atomic mass is 9.90. The zero-order valence-corrected chi connectivity index (χ0v) is 12.9. The number of aromatic nitrogens is 2. The van der Waals surface area contributed by atoms with Gasteiger partial charge in [0.1, 0.15) is 5.75 Å². The molecule has 5 heteroatoms. The Hall–Kier alpha value is -1.52. The normalized spacial score (nSPS) is 14.1. The fourth-order valence-electron chi connectivity index (χ4n) is 2.38. The maximum absolute atomic E-state index is 10.8. The molecule has 2 aromatic rings. The third kappa shape index (κ3) is 2.67. The number of aliphatic hydroxyl groups is 1. The molecule has 0 amide bonds. The molecule has 0 spiro atoms. The summed E-state index contributed by atoms with van der Waals surface area (Å²) in [7, 11) is 3.42. The lowest BCUT2D eigenvalue weighted by Crippen LogP contribution is -2.26. The van der Waals surface area contributed by atoms with E-state index < -0.39 is 5.60 Å². The van der Waals surface area contributed by atoms with Crippen LogP contribution in [0.15, 0.2) is 24.3 Å². The van der Waals surface area contributed by atoms with Gasteiger partial charge in [-0.05, 0) is 19.9 Å². The number of nitrogens with zero attached hydrogens (tertiary/aromatic N) is 2. The second-order valence-corrected chi connectivity index (χ2v) is 5.50. The van der Waals surface area contributed by atoms with Crippen LogP contribution in [0.25, 0.3) is 0 Å². The van der Waals surface area contributed by atoms with Crippen molar-refractivity contribution in [2.45, 2.75) is 25.9 Å². The van der Waals surface area contributed by atoms with Gasteiger partial charge in [-0.1, -0.05) is 29.8 Å². The third-order valence-electron chi connectivity index (χ3n) is 3.46. The van der Waals surface area contributed by atoms with Crippen LogP contribution in [-0.4, -0.2) is 22.0 Å². The molecular weight excluding hydrogens is 276 g/mol. The molecule has 0 aliphatic carbocycles. The van der Waals surface area contributed by atoms with Crippen LogP contribution in [-0.2, 0) is 19.1 Å². The van der Waals surface area contributed by atoms with Gasteiger partial charge in [0, 0.05) is 19.0 Å². The number of para-hydroxylation sites is 1. The van der Waals surface area contributed by atoms with Crippen LogP contribution < -0.4 is 4.74 Å². The van der Waals surface area contributed by atoms with Crippen molar-refractivity contribution in [3.8, 4) is 5.75 Å². The summed E-state index contributed by atoms with van der Waals surface area (Å²) in [6.45, 7) is 3.60. The summed E-state index contributed by atoms with van der Waals surface area (Å²) in [5.41, 5.74) is 1.22. The fourth-order valence-corrected chi connectivity index (χ4v) is 2.61. The number of hydrogen-bond acceptors (Lipinski definition) is 3. The van der Waals surface area contributed by atoms with Crippen LogP contribution in [0.2, 0.25) is 5.02 Å². The van der Waals surface area contributed by atoms with Crippen molar-refractivity contribution in [2.24, 2.45) is 7.05 Å². The van der Waals surface area contributed by atoms with E-state index in [1.807, 2.05) is 38.2 Å². The zero-order valence-electron chi connectivity index (χ0n) is 12.1. The van der Waals surface area contributed by atoms with E-state index in [0.29, 0.717) is 17.2 Å². The third-order valence-corrected chi connectivity index (χ3v) is 3.95. The summed E-state index contributed by atoms with van der Waals surface area (Å²) >= 11 is 6.26. The first-order valence-electron chi connectivity index (χ1n) is 6.40. The molecule has 1 aromatic heterocycles. The Morgan fingerprint density at radius 2 is 2.05 bits per heavy atom. The van der Waals surface area contributed by atoms with E-state index in [1.165, 1.54) is 0 Å². The highest BCUT2D eigenvalue weighted by Crippen LogP contribution is 2.34. The molecule has 1 aromatic carbocycles. The quantitative estimate of drug-likeness (QED) is 0.943. The highest BCUT2D eigenvalue weighted by Gasteiger charge is 2.29. The second-order valence-electron chi connectivity index (χ2n) is 5.12. The van der Waals surface area contributed by atoms with E-state index in [1.54, 1.807) is 18.7 Å². The van der Waals surface area contributed by atoms with Crippen molar-refractivity contribution in [3.63, 3.8) is 0 Å². The number of aryl methyl sites for hydroxylation is 2. The molecule has 0 aliphatic rings. The summed E-state index contributed by atoms with van der Waals surface area (Å²) < 4.78 is 7.03. The highest BCUT2D eigenvalue weighted by atomic mass is 35.5. The smallest absolute Gasteiger partial charge is 0.124 e. The molecule has 0 saturated heterocycles. The average molecular weight is 295 g/mol. The molecular formula is C15H19ClN2O2. The van der Waals surface area contributed by atoms with Crippen LogP contribution in [0, 0.1) is 6.92 Å². The topological polar surface area (TPSA) is 47.3 Å². The highest BCUT2D eigenvalue weighted by molar-refractivity contribution is 6.31. The summed E-state index contributed by atoms with van der Waals surface area (Å²) in [6, 6.07) is 7.44. The minimum atomic E-state index is -1.09. The van der Waals surface area contributed by atoms with Crippen molar-refractivity contribution in [1.82, 2.24) is 9.78 Å². The number of hydrogen-bond donors (Lipinski definition) is 1. The summed E-state index contributed by atoms with van der Waals surface area (Å²) in [5.74, 6) is 0.660. The van der Waals surface area contributed by atoms with Crippen molar-refractivity contribution in [2.75, 3.05) is 7.11 Å². The van der Waals surface area contributed by atoms with Gasteiger partial charge < -0.3 is 9.84 Å². The first-order chi connectivity index (χ1) is 9.36.